The Morgan fingerprint density at radius 1 is 1.33 bits per heavy atom. The van der Waals surface area contributed by atoms with Crippen LogP contribution in [0.1, 0.15) is 26.6 Å². The van der Waals surface area contributed by atoms with E-state index in [-0.39, 0.29) is 11.3 Å². The van der Waals surface area contributed by atoms with Crippen molar-refractivity contribution < 1.29 is 4.79 Å². The maximum absolute atomic E-state index is 12.0. The summed E-state index contributed by atoms with van der Waals surface area (Å²) in [6, 6.07) is 3.05. The molecule has 1 amide bonds. The lowest BCUT2D eigenvalue weighted by molar-refractivity contribution is -0.119. The van der Waals surface area contributed by atoms with Gasteiger partial charge in [0.1, 0.15) is 11.6 Å². The van der Waals surface area contributed by atoms with Gasteiger partial charge in [0, 0.05) is 12.4 Å². The SMILES string of the molecule is Cc1nccn1-c1ccc(NC(=O)C(N)C(C)(C)C)cn1. The quantitative estimate of drug-likeness (QED) is 0.902. The van der Waals surface area contributed by atoms with Gasteiger partial charge in [-0.2, -0.15) is 0 Å². The van der Waals surface area contributed by atoms with E-state index in [1.54, 1.807) is 18.5 Å². The number of nitrogens with zero attached hydrogens (tertiary/aromatic N) is 3. The second-order valence-corrected chi connectivity index (χ2v) is 6.08. The molecule has 6 nitrogen and oxygen atoms in total. The Bertz CT molecular complexity index is 624. The van der Waals surface area contributed by atoms with Crippen LogP contribution in [0.25, 0.3) is 5.82 Å². The van der Waals surface area contributed by atoms with E-state index in [4.69, 9.17) is 5.73 Å². The van der Waals surface area contributed by atoms with Gasteiger partial charge >= 0.3 is 0 Å². The van der Waals surface area contributed by atoms with E-state index < -0.39 is 6.04 Å². The van der Waals surface area contributed by atoms with Gasteiger partial charge in [-0.25, -0.2) is 9.97 Å². The molecule has 3 N–H and O–H groups in total. The molecule has 0 radical (unpaired) electrons. The van der Waals surface area contributed by atoms with Crippen molar-refractivity contribution >= 4 is 11.6 Å². The van der Waals surface area contributed by atoms with E-state index in [1.807, 2.05) is 44.5 Å². The fraction of sp³-hybridized carbons (Fsp3) is 0.400. The molecule has 0 fully saturated rings. The average molecular weight is 287 g/mol. The molecule has 0 aliphatic rings. The summed E-state index contributed by atoms with van der Waals surface area (Å²) in [7, 11) is 0. The molecule has 0 spiro atoms. The van der Waals surface area contributed by atoms with Crippen LogP contribution in [0.15, 0.2) is 30.7 Å². The van der Waals surface area contributed by atoms with Crippen molar-refractivity contribution in [3.05, 3.63) is 36.5 Å². The zero-order valence-electron chi connectivity index (χ0n) is 12.8. The number of hydrogen-bond donors (Lipinski definition) is 2. The molecule has 6 heteroatoms. The molecular formula is C15H21N5O. The highest BCUT2D eigenvalue weighted by molar-refractivity contribution is 5.95. The van der Waals surface area contributed by atoms with Crippen LogP contribution in [0.3, 0.4) is 0 Å². The largest absolute Gasteiger partial charge is 0.323 e. The van der Waals surface area contributed by atoms with E-state index in [0.29, 0.717) is 5.69 Å². The zero-order chi connectivity index (χ0) is 15.6. The van der Waals surface area contributed by atoms with E-state index in [0.717, 1.165) is 11.6 Å². The number of rotatable bonds is 3. The third kappa shape index (κ3) is 3.46. The molecule has 0 saturated heterocycles. The maximum Gasteiger partial charge on any atom is 0.241 e. The predicted molar refractivity (Wildman–Crippen MR) is 82.2 cm³/mol. The summed E-state index contributed by atoms with van der Waals surface area (Å²) in [5.41, 5.74) is 6.26. The number of aromatic nitrogens is 3. The number of anilines is 1. The van der Waals surface area contributed by atoms with Gasteiger partial charge in [0.05, 0.1) is 17.9 Å². The van der Waals surface area contributed by atoms with Crippen LogP contribution in [0.4, 0.5) is 5.69 Å². The molecule has 1 atom stereocenters. The number of imidazole rings is 1. The van der Waals surface area contributed by atoms with E-state index >= 15 is 0 Å². The Morgan fingerprint density at radius 2 is 2.05 bits per heavy atom. The Balaban J connectivity index is 2.10. The summed E-state index contributed by atoms with van der Waals surface area (Å²) in [6.45, 7) is 7.70. The molecule has 0 aliphatic carbocycles. The second kappa shape index (κ2) is 5.65. The van der Waals surface area contributed by atoms with Crippen LogP contribution in [-0.4, -0.2) is 26.5 Å². The van der Waals surface area contributed by atoms with E-state index in [2.05, 4.69) is 15.3 Å². The van der Waals surface area contributed by atoms with Crippen LogP contribution < -0.4 is 11.1 Å². The first-order valence-electron chi connectivity index (χ1n) is 6.82. The van der Waals surface area contributed by atoms with Crippen LogP contribution >= 0.6 is 0 Å². The van der Waals surface area contributed by atoms with Gasteiger partial charge in [-0.15, -0.1) is 0 Å². The molecule has 0 aliphatic heterocycles. The van der Waals surface area contributed by atoms with Gasteiger partial charge in [-0.1, -0.05) is 20.8 Å². The molecule has 21 heavy (non-hydrogen) atoms. The minimum atomic E-state index is -0.576. The minimum absolute atomic E-state index is 0.212. The monoisotopic (exact) mass is 287 g/mol. The van der Waals surface area contributed by atoms with Gasteiger partial charge in [0.15, 0.2) is 0 Å². The molecule has 0 aromatic carbocycles. The zero-order valence-corrected chi connectivity index (χ0v) is 12.8. The number of amides is 1. The maximum atomic E-state index is 12.0. The van der Waals surface area contributed by atoms with Crippen molar-refractivity contribution in [3.63, 3.8) is 0 Å². The third-order valence-electron chi connectivity index (χ3n) is 3.30. The molecule has 2 rings (SSSR count). The highest BCUT2D eigenvalue weighted by Crippen LogP contribution is 2.19. The first-order chi connectivity index (χ1) is 9.79. The summed E-state index contributed by atoms with van der Waals surface area (Å²) in [6.07, 6.45) is 5.17. The van der Waals surface area contributed by atoms with Crippen molar-refractivity contribution in [1.82, 2.24) is 14.5 Å². The lowest BCUT2D eigenvalue weighted by atomic mass is 9.87. The molecule has 1 unspecified atom stereocenters. The van der Waals surface area contributed by atoms with Crippen LogP contribution in [-0.2, 0) is 4.79 Å². The van der Waals surface area contributed by atoms with Crippen molar-refractivity contribution in [1.29, 1.82) is 0 Å². The standard InChI is InChI=1S/C15H21N5O/c1-10-17-7-8-20(10)12-6-5-11(9-18-12)19-14(21)13(16)15(2,3)4/h5-9,13H,16H2,1-4H3,(H,19,21). The molecule has 2 heterocycles. The fourth-order valence-electron chi connectivity index (χ4n) is 1.84. The summed E-state index contributed by atoms with van der Waals surface area (Å²) in [4.78, 5) is 20.5. The number of aryl methyl sites for hydroxylation is 1. The predicted octanol–water partition coefficient (Wildman–Crippen LogP) is 1.89. The van der Waals surface area contributed by atoms with Crippen molar-refractivity contribution in [2.45, 2.75) is 33.7 Å². The van der Waals surface area contributed by atoms with Crippen LogP contribution in [0.5, 0.6) is 0 Å². The van der Waals surface area contributed by atoms with Gasteiger partial charge in [0.2, 0.25) is 5.91 Å². The number of nitrogens with two attached hydrogens (primary N) is 1. The molecule has 2 aromatic rings. The Hall–Kier alpha value is -2.21. The number of hydrogen-bond acceptors (Lipinski definition) is 4. The highest BCUT2D eigenvalue weighted by Gasteiger charge is 2.27. The Morgan fingerprint density at radius 3 is 2.52 bits per heavy atom. The first kappa shape index (κ1) is 15.2. The van der Waals surface area contributed by atoms with Gasteiger partial charge in [-0.05, 0) is 24.5 Å². The minimum Gasteiger partial charge on any atom is -0.323 e. The normalized spacial score (nSPS) is 13.0. The fourth-order valence-corrected chi connectivity index (χ4v) is 1.84. The molecular weight excluding hydrogens is 266 g/mol. The lowest BCUT2D eigenvalue weighted by Gasteiger charge is -2.25. The summed E-state index contributed by atoms with van der Waals surface area (Å²) in [5.74, 6) is 1.40. The lowest BCUT2D eigenvalue weighted by Crippen LogP contribution is -2.45. The van der Waals surface area contributed by atoms with Gasteiger partial charge in [-0.3, -0.25) is 9.36 Å². The van der Waals surface area contributed by atoms with E-state index in [1.165, 1.54) is 0 Å². The Labute approximate surface area is 124 Å². The number of carbonyl (C=O) groups excluding carboxylic acids is 1. The summed E-state index contributed by atoms with van der Waals surface area (Å²) < 4.78 is 1.87. The third-order valence-corrected chi connectivity index (χ3v) is 3.30. The average Bonchev–Trinajstić information content (AvgIpc) is 2.84. The summed E-state index contributed by atoms with van der Waals surface area (Å²) in [5, 5.41) is 2.78. The number of carbonyl (C=O) groups is 1. The van der Waals surface area contributed by atoms with Crippen molar-refractivity contribution in [2.24, 2.45) is 11.1 Å². The summed E-state index contributed by atoms with van der Waals surface area (Å²) >= 11 is 0. The topological polar surface area (TPSA) is 85.8 Å². The Kier molecular flexibility index (Phi) is 4.09. The smallest absolute Gasteiger partial charge is 0.241 e. The molecule has 112 valence electrons. The second-order valence-electron chi connectivity index (χ2n) is 6.08. The first-order valence-corrected chi connectivity index (χ1v) is 6.82. The molecule has 2 aromatic heterocycles. The molecule has 0 saturated carbocycles. The van der Waals surface area contributed by atoms with Crippen molar-refractivity contribution in [2.75, 3.05) is 5.32 Å². The highest BCUT2D eigenvalue weighted by atomic mass is 16.2. The van der Waals surface area contributed by atoms with E-state index in [9.17, 15) is 4.79 Å². The van der Waals surface area contributed by atoms with Gasteiger partial charge in [0.25, 0.3) is 0 Å². The van der Waals surface area contributed by atoms with Crippen LogP contribution in [0.2, 0.25) is 0 Å². The van der Waals surface area contributed by atoms with Crippen LogP contribution in [0, 0.1) is 12.3 Å². The number of pyridine rings is 1. The van der Waals surface area contributed by atoms with Gasteiger partial charge < -0.3 is 11.1 Å². The number of nitrogens with one attached hydrogen (secondary N) is 1. The van der Waals surface area contributed by atoms with Crippen molar-refractivity contribution in [3.8, 4) is 5.82 Å². The molecule has 0 bridgehead atoms.